The average molecular weight is 365 g/mol. The maximum atomic E-state index is 12.1. The number of pyridine rings is 1. The molecule has 1 fully saturated rings. The van der Waals surface area contributed by atoms with E-state index in [0.717, 1.165) is 34.4 Å². The van der Waals surface area contributed by atoms with Crippen molar-refractivity contribution in [2.75, 3.05) is 18.6 Å². The first-order valence-corrected chi connectivity index (χ1v) is 9.31. The number of aromatic nitrogens is 1. The Balaban J connectivity index is 1.60. The van der Waals surface area contributed by atoms with Crippen LogP contribution in [0.2, 0.25) is 0 Å². The molecule has 0 saturated carbocycles. The molecule has 1 atom stereocenters. The van der Waals surface area contributed by atoms with E-state index in [0.29, 0.717) is 25.8 Å². The predicted molar refractivity (Wildman–Crippen MR) is 102 cm³/mol. The number of amides is 2. The fraction of sp³-hybridized carbons (Fsp3) is 0.381. The van der Waals surface area contributed by atoms with Gasteiger partial charge in [0.2, 0.25) is 11.8 Å². The number of fused-ring (bicyclic) bond motifs is 1. The SMILES string of the molecule is CN1C(=O)CCc2cc(-c3cncc(CN4C(=O)CCC4CO)c3)ccc21. The Kier molecular flexibility index (Phi) is 4.66. The standard InChI is InChI=1S/C21H23N3O3/c1-23-19-5-2-15(9-16(19)3-6-20(23)26)17-8-14(10-22-11-17)12-24-18(13-25)4-7-21(24)27/h2,5,8-11,18,25H,3-4,6-7,12-13H2,1H3. The quantitative estimate of drug-likeness (QED) is 0.901. The van der Waals surface area contributed by atoms with Crippen LogP contribution in [0.5, 0.6) is 0 Å². The number of carbonyl (C=O) groups excluding carboxylic acids is 2. The second-order valence-electron chi connectivity index (χ2n) is 7.27. The minimum Gasteiger partial charge on any atom is -0.394 e. The summed E-state index contributed by atoms with van der Waals surface area (Å²) in [7, 11) is 1.81. The zero-order valence-corrected chi connectivity index (χ0v) is 15.4. The van der Waals surface area contributed by atoms with E-state index >= 15 is 0 Å². The summed E-state index contributed by atoms with van der Waals surface area (Å²) in [6.07, 6.45) is 6.08. The molecule has 2 aliphatic heterocycles. The van der Waals surface area contributed by atoms with Crippen molar-refractivity contribution in [1.29, 1.82) is 0 Å². The van der Waals surface area contributed by atoms with E-state index in [9.17, 15) is 14.7 Å². The lowest BCUT2D eigenvalue weighted by Crippen LogP contribution is -2.34. The Labute approximate surface area is 158 Å². The Morgan fingerprint density at radius 1 is 1.07 bits per heavy atom. The van der Waals surface area contributed by atoms with Crippen LogP contribution in [0.4, 0.5) is 5.69 Å². The van der Waals surface area contributed by atoms with Crippen LogP contribution in [0.3, 0.4) is 0 Å². The second kappa shape index (κ2) is 7.12. The average Bonchev–Trinajstić information content (AvgIpc) is 3.04. The molecule has 3 heterocycles. The van der Waals surface area contributed by atoms with Gasteiger partial charge in [0.25, 0.3) is 0 Å². The number of carbonyl (C=O) groups is 2. The minimum atomic E-state index is -0.0991. The molecule has 4 rings (SSSR count). The summed E-state index contributed by atoms with van der Waals surface area (Å²) < 4.78 is 0. The van der Waals surface area contributed by atoms with Crippen LogP contribution < -0.4 is 4.90 Å². The van der Waals surface area contributed by atoms with Gasteiger partial charge in [-0.15, -0.1) is 0 Å². The highest BCUT2D eigenvalue weighted by molar-refractivity contribution is 5.96. The van der Waals surface area contributed by atoms with Gasteiger partial charge in [0.1, 0.15) is 0 Å². The van der Waals surface area contributed by atoms with E-state index < -0.39 is 0 Å². The maximum absolute atomic E-state index is 12.1. The number of rotatable bonds is 4. The molecule has 1 aromatic carbocycles. The first kappa shape index (κ1) is 17.7. The molecule has 1 aromatic heterocycles. The molecule has 0 radical (unpaired) electrons. The zero-order chi connectivity index (χ0) is 19.0. The van der Waals surface area contributed by atoms with E-state index in [2.05, 4.69) is 11.1 Å². The summed E-state index contributed by atoms with van der Waals surface area (Å²) in [6, 6.07) is 8.06. The number of aryl methyl sites for hydroxylation is 1. The van der Waals surface area contributed by atoms with Gasteiger partial charge in [-0.1, -0.05) is 6.07 Å². The third-order valence-electron chi connectivity index (χ3n) is 5.57. The summed E-state index contributed by atoms with van der Waals surface area (Å²) in [4.78, 5) is 31.8. The molecule has 0 bridgehead atoms. The lowest BCUT2D eigenvalue weighted by Gasteiger charge is -2.26. The van der Waals surface area contributed by atoms with Gasteiger partial charge >= 0.3 is 0 Å². The van der Waals surface area contributed by atoms with Gasteiger partial charge in [-0.3, -0.25) is 14.6 Å². The summed E-state index contributed by atoms with van der Waals surface area (Å²) in [5.41, 5.74) is 5.12. The number of aliphatic hydroxyl groups excluding tert-OH is 1. The van der Waals surface area contributed by atoms with Crippen molar-refractivity contribution in [2.24, 2.45) is 0 Å². The summed E-state index contributed by atoms with van der Waals surface area (Å²) in [5, 5.41) is 9.48. The normalized spacial score (nSPS) is 19.6. The van der Waals surface area contributed by atoms with Crippen LogP contribution >= 0.6 is 0 Å². The van der Waals surface area contributed by atoms with Gasteiger partial charge in [0, 0.05) is 50.1 Å². The molecule has 27 heavy (non-hydrogen) atoms. The van der Waals surface area contributed by atoms with Gasteiger partial charge in [-0.25, -0.2) is 0 Å². The monoisotopic (exact) mass is 365 g/mol. The lowest BCUT2D eigenvalue weighted by atomic mass is 9.96. The predicted octanol–water partition coefficient (Wildman–Crippen LogP) is 2.14. The van der Waals surface area contributed by atoms with Crippen molar-refractivity contribution >= 4 is 17.5 Å². The molecular weight excluding hydrogens is 342 g/mol. The molecule has 0 spiro atoms. The largest absolute Gasteiger partial charge is 0.394 e. The van der Waals surface area contributed by atoms with Crippen LogP contribution in [0.25, 0.3) is 11.1 Å². The van der Waals surface area contributed by atoms with Crippen molar-refractivity contribution in [3.05, 3.63) is 47.8 Å². The number of likely N-dealkylation sites (tertiary alicyclic amines) is 1. The Morgan fingerprint density at radius 2 is 1.93 bits per heavy atom. The maximum Gasteiger partial charge on any atom is 0.227 e. The van der Waals surface area contributed by atoms with Crippen molar-refractivity contribution in [2.45, 2.75) is 38.3 Å². The van der Waals surface area contributed by atoms with E-state index in [-0.39, 0.29) is 24.5 Å². The first-order chi connectivity index (χ1) is 13.1. The number of hydrogen-bond donors (Lipinski definition) is 1. The topological polar surface area (TPSA) is 73.7 Å². The van der Waals surface area contributed by atoms with Crippen LogP contribution in [0.15, 0.2) is 36.7 Å². The molecule has 6 heteroatoms. The second-order valence-corrected chi connectivity index (χ2v) is 7.27. The van der Waals surface area contributed by atoms with Crippen LogP contribution in [-0.4, -0.2) is 46.5 Å². The molecule has 1 N–H and O–H groups in total. The summed E-state index contributed by atoms with van der Waals surface area (Å²) >= 11 is 0. The number of nitrogens with zero attached hydrogens (tertiary/aromatic N) is 3. The van der Waals surface area contributed by atoms with Gasteiger partial charge in [0.15, 0.2) is 0 Å². The van der Waals surface area contributed by atoms with Gasteiger partial charge in [-0.2, -0.15) is 0 Å². The molecular formula is C21H23N3O3. The van der Waals surface area contributed by atoms with E-state index in [4.69, 9.17) is 0 Å². The summed E-state index contributed by atoms with van der Waals surface area (Å²) in [5.74, 6) is 0.230. The van der Waals surface area contributed by atoms with Gasteiger partial charge in [0.05, 0.1) is 12.6 Å². The molecule has 6 nitrogen and oxygen atoms in total. The highest BCUT2D eigenvalue weighted by Gasteiger charge is 2.30. The minimum absolute atomic E-state index is 0.00405. The molecule has 1 unspecified atom stereocenters. The Hall–Kier alpha value is -2.73. The number of aliphatic hydroxyl groups is 1. The van der Waals surface area contributed by atoms with Crippen LogP contribution in [0.1, 0.15) is 30.4 Å². The molecule has 2 amide bonds. The number of anilines is 1. The summed E-state index contributed by atoms with van der Waals surface area (Å²) in [6.45, 7) is 0.461. The van der Waals surface area contributed by atoms with Crippen molar-refractivity contribution < 1.29 is 14.7 Å². The van der Waals surface area contributed by atoms with Crippen LogP contribution in [-0.2, 0) is 22.6 Å². The highest BCUT2D eigenvalue weighted by atomic mass is 16.3. The van der Waals surface area contributed by atoms with E-state index in [1.807, 2.05) is 31.4 Å². The number of hydrogen-bond acceptors (Lipinski definition) is 4. The molecule has 140 valence electrons. The first-order valence-electron chi connectivity index (χ1n) is 9.31. The third-order valence-corrected chi connectivity index (χ3v) is 5.57. The van der Waals surface area contributed by atoms with Gasteiger partial charge < -0.3 is 14.9 Å². The van der Waals surface area contributed by atoms with E-state index in [1.54, 1.807) is 16.0 Å². The number of benzene rings is 1. The van der Waals surface area contributed by atoms with Gasteiger partial charge in [-0.05, 0) is 47.7 Å². The molecule has 0 aliphatic carbocycles. The fourth-order valence-electron chi connectivity index (χ4n) is 3.97. The fourth-order valence-corrected chi connectivity index (χ4v) is 3.97. The molecule has 2 aromatic rings. The Bertz CT molecular complexity index is 896. The molecule has 1 saturated heterocycles. The smallest absolute Gasteiger partial charge is 0.227 e. The lowest BCUT2D eigenvalue weighted by molar-refractivity contribution is -0.130. The highest BCUT2D eigenvalue weighted by Crippen LogP contribution is 2.31. The Morgan fingerprint density at radius 3 is 2.74 bits per heavy atom. The zero-order valence-electron chi connectivity index (χ0n) is 15.4. The van der Waals surface area contributed by atoms with Crippen LogP contribution in [0, 0.1) is 0 Å². The van der Waals surface area contributed by atoms with Crippen molar-refractivity contribution in [3.8, 4) is 11.1 Å². The van der Waals surface area contributed by atoms with Crippen molar-refractivity contribution in [1.82, 2.24) is 9.88 Å². The van der Waals surface area contributed by atoms with Crippen molar-refractivity contribution in [3.63, 3.8) is 0 Å². The third kappa shape index (κ3) is 3.32. The van der Waals surface area contributed by atoms with E-state index in [1.165, 1.54) is 0 Å². The molecule has 2 aliphatic rings.